The Kier molecular flexibility index (Phi) is 3.85. The number of amides is 2. The fourth-order valence-electron chi connectivity index (χ4n) is 2.21. The van der Waals surface area contributed by atoms with E-state index in [1.807, 2.05) is 11.4 Å². The lowest BCUT2D eigenvalue weighted by Gasteiger charge is -2.17. The van der Waals surface area contributed by atoms with Crippen molar-refractivity contribution in [3.63, 3.8) is 0 Å². The molecule has 2 heterocycles. The van der Waals surface area contributed by atoms with Crippen LogP contribution >= 0.6 is 11.3 Å². The molecule has 0 bridgehead atoms. The van der Waals surface area contributed by atoms with Gasteiger partial charge in [-0.25, -0.2) is 0 Å². The smallest absolute Gasteiger partial charge is 0.235 e. The number of carbonyl (C=O) groups excluding carboxylic acids is 3. The van der Waals surface area contributed by atoms with E-state index in [4.69, 9.17) is 0 Å². The zero-order chi connectivity index (χ0) is 14.0. The van der Waals surface area contributed by atoms with E-state index in [-0.39, 0.29) is 24.0 Å². The standard InChI is InChI=1S/C14H17NO3S/c1-14(2)9-12(17)15(13(14)18)7-3-5-10(16)11-6-4-8-19-11/h4,6,8H,3,5,7,9H2,1-2H3. The Hall–Kier alpha value is -1.49. The average molecular weight is 279 g/mol. The third-order valence-electron chi connectivity index (χ3n) is 3.30. The zero-order valence-electron chi connectivity index (χ0n) is 11.1. The molecule has 0 aromatic carbocycles. The van der Waals surface area contributed by atoms with Gasteiger partial charge in [0.15, 0.2) is 5.78 Å². The van der Waals surface area contributed by atoms with Crippen molar-refractivity contribution in [1.82, 2.24) is 4.90 Å². The number of nitrogens with zero attached hydrogens (tertiary/aromatic N) is 1. The molecule has 1 aromatic heterocycles. The highest BCUT2D eigenvalue weighted by atomic mass is 32.1. The Morgan fingerprint density at radius 1 is 1.42 bits per heavy atom. The normalized spacial score (nSPS) is 18.1. The van der Waals surface area contributed by atoms with Crippen molar-refractivity contribution in [2.24, 2.45) is 5.41 Å². The second-order valence-corrected chi connectivity index (χ2v) is 6.36. The molecule has 1 aliphatic rings. The molecule has 19 heavy (non-hydrogen) atoms. The van der Waals surface area contributed by atoms with Gasteiger partial charge >= 0.3 is 0 Å². The first-order valence-corrected chi connectivity index (χ1v) is 7.21. The molecule has 102 valence electrons. The van der Waals surface area contributed by atoms with Crippen LogP contribution in [0.1, 0.15) is 42.8 Å². The van der Waals surface area contributed by atoms with Crippen LogP contribution in [0.5, 0.6) is 0 Å². The molecule has 0 spiro atoms. The summed E-state index contributed by atoms with van der Waals surface area (Å²) in [5.41, 5.74) is -0.588. The van der Waals surface area contributed by atoms with Crippen molar-refractivity contribution in [2.75, 3.05) is 6.54 Å². The number of likely N-dealkylation sites (tertiary alicyclic amines) is 1. The predicted octanol–water partition coefficient (Wildman–Crippen LogP) is 2.50. The highest BCUT2D eigenvalue weighted by molar-refractivity contribution is 7.12. The monoisotopic (exact) mass is 279 g/mol. The third-order valence-corrected chi connectivity index (χ3v) is 4.21. The molecule has 2 amide bonds. The fourth-order valence-corrected chi connectivity index (χ4v) is 2.91. The molecule has 2 rings (SSSR count). The minimum Gasteiger partial charge on any atom is -0.293 e. The van der Waals surface area contributed by atoms with Gasteiger partial charge in [-0.1, -0.05) is 19.9 Å². The molecular weight excluding hydrogens is 262 g/mol. The fraction of sp³-hybridized carbons (Fsp3) is 0.500. The summed E-state index contributed by atoms with van der Waals surface area (Å²) in [6.45, 7) is 3.91. The van der Waals surface area contributed by atoms with Crippen LogP contribution in [-0.2, 0) is 9.59 Å². The van der Waals surface area contributed by atoms with E-state index in [1.54, 1.807) is 19.9 Å². The maximum absolute atomic E-state index is 12.0. The minimum absolute atomic E-state index is 0.0772. The number of imide groups is 1. The van der Waals surface area contributed by atoms with Crippen LogP contribution < -0.4 is 0 Å². The minimum atomic E-state index is -0.588. The number of rotatable bonds is 5. The summed E-state index contributed by atoms with van der Waals surface area (Å²) in [6.07, 6.45) is 1.17. The van der Waals surface area contributed by atoms with E-state index >= 15 is 0 Å². The Labute approximate surface area is 116 Å². The predicted molar refractivity (Wildman–Crippen MR) is 73.0 cm³/mol. The Bertz CT molecular complexity index is 505. The highest BCUT2D eigenvalue weighted by Gasteiger charge is 2.44. The lowest BCUT2D eigenvalue weighted by Crippen LogP contribution is -2.34. The maximum Gasteiger partial charge on any atom is 0.235 e. The first-order valence-electron chi connectivity index (χ1n) is 6.33. The second-order valence-electron chi connectivity index (χ2n) is 5.42. The van der Waals surface area contributed by atoms with Crippen molar-refractivity contribution in [2.45, 2.75) is 33.1 Å². The van der Waals surface area contributed by atoms with Gasteiger partial charge in [-0.2, -0.15) is 0 Å². The van der Waals surface area contributed by atoms with Crippen molar-refractivity contribution in [3.8, 4) is 0 Å². The van der Waals surface area contributed by atoms with Crippen molar-refractivity contribution < 1.29 is 14.4 Å². The molecule has 0 aliphatic carbocycles. The number of hydrogen-bond acceptors (Lipinski definition) is 4. The van der Waals surface area contributed by atoms with Gasteiger partial charge in [0.05, 0.1) is 10.3 Å². The molecule has 5 heteroatoms. The molecule has 0 saturated carbocycles. The summed E-state index contributed by atoms with van der Waals surface area (Å²) in [4.78, 5) is 37.5. The topological polar surface area (TPSA) is 54.5 Å². The largest absolute Gasteiger partial charge is 0.293 e. The summed E-state index contributed by atoms with van der Waals surface area (Å²) < 4.78 is 0. The van der Waals surface area contributed by atoms with Crippen LogP contribution in [0.25, 0.3) is 0 Å². The molecule has 0 radical (unpaired) electrons. The van der Waals surface area contributed by atoms with Gasteiger partial charge in [-0.3, -0.25) is 19.3 Å². The summed E-state index contributed by atoms with van der Waals surface area (Å²) >= 11 is 1.42. The number of hydrogen-bond donors (Lipinski definition) is 0. The van der Waals surface area contributed by atoms with Gasteiger partial charge in [0.25, 0.3) is 0 Å². The van der Waals surface area contributed by atoms with Gasteiger partial charge in [-0.05, 0) is 17.9 Å². The number of thiophene rings is 1. The maximum atomic E-state index is 12.0. The van der Waals surface area contributed by atoms with Gasteiger partial charge in [0.1, 0.15) is 0 Å². The Morgan fingerprint density at radius 3 is 2.68 bits per heavy atom. The van der Waals surface area contributed by atoms with Gasteiger partial charge in [0, 0.05) is 19.4 Å². The average Bonchev–Trinajstić information content (AvgIpc) is 2.91. The Morgan fingerprint density at radius 2 is 2.16 bits per heavy atom. The van der Waals surface area contributed by atoms with Crippen molar-refractivity contribution >= 4 is 28.9 Å². The lowest BCUT2D eigenvalue weighted by molar-refractivity contribution is -0.140. The zero-order valence-corrected chi connectivity index (χ0v) is 12.0. The van der Waals surface area contributed by atoms with Crippen LogP contribution in [0.2, 0.25) is 0 Å². The molecule has 0 N–H and O–H groups in total. The van der Waals surface area contributed by atoms with Crippen LogP contribution in [0, 0.1) is 5.41 Å². The Balaban J connectivity index is 1.85. The molecule has 1 fully saturated rings. The molecule has 1 saturated heterocycles. The van der Waals surface area contributed by atoms with Crippen LogP contribution in [0.3, 0.4) is 0 Å². The molecule has 0 atom stereocenters. The first-order chi connectivity index (χ1) is 8.92. The van der Waals surface area contributed by atoms with Crippen LogP contribution in [-0.4, -0.2) is 29.0 Å². The van der Waals surface area contributed by atoms with Gasteiger partial charge in [0.2, 0.25) is 11.8 Å². The van der Waals surface area contributed by atoms with E-state index in [0.29, 0.717) is 19.4 Å². The number of carbonyl (C=O) groups is 3. The van der Waals surface area contributed by atoms with Crippen molar-refractivity contribution in [1.29, 1.82) is 0 Å². The lowest BCUT2D eigenvalue weighted by atomic mass is 9.92. The number of ketones is 1. The first kappa shape index (κ1) is 13.9. The summed E-state index contributed by atoms with van der Waals surface area (Å²) in [5.74, 6) is -0.173. The van der Waals surface area contributed by atoms with E-state index in [0.717, 1.165) is 4.88 Å². The second kappa shape index (κ2) is 5.25. The summed E-state index contributed by atoms with van der Waals surface area (Å²) in [5, 5.41) is 1.86. The van der Waals surface area contributed by atoms with E-state index < -0.39 is 5.41 Å². The van der Waals surface area contributed by atoms with E-state index in [2.05, 4.69) is 0 Å². The van der Waals surface area contributed by atoms with Gasteiger partial charge < -0.3 is 0 Å². The molecular formula is C14H17NO3S. The SMILES string of the molecule is CC1(C)CC(=O)N(CCCC(=O)c2cccs2)C1=O. The van der Waals surface area contributed by atoms with Crippen LogP contribution in [0.15, 0.2) is 17.5 Å². The molecule has 0 unspecified atom stereocenters. The van der Waals surface area contributed by atoms with Gasteiger partial charge in [-0.15, -0.1) is 11.3 Å². The quantitative estimate of drug-likeness (QED) is 0.614. The molecule has 1 aliphatic heterocycles. The highest BCUT2D eigenvalue weighted by Crippen LogP contribution is 2.31. The molecule has 1 aromatic rings. The van der Waals surface area contributed by atoms with Crippen LogP contribution in [0.4, 0.5) is 0 Å². The third kappa shape index (κ3) is 2.92. The van der Waals surface area contributed by atoms with E-state index in [9.17, 15) is 14.4 Å². The summed E-state index contributed by atoms with van der Waals surface area (Å²) in [7, 11) is 0. The van der Waals surface area contributed by atoms with Crippen molar-refractivity contribution in [3.05, 3.63) is 22.4 Å². The number of Topliss-reactive ketones (excluding diaryl/α,β-unsaturated/α-hetero) is 1. The van der Waals surface area contributed by atoms with E-state index in [1.165, 1.54) is 16.2 Å². The molecule has 4 nitrogen and oxygen atoms in total. The summed E-state index contributed by atoms with van der Waals surface area (Å²) in [6, 6.07) is 3.64.